The summed E-state index contributed by atoms with van der Waals surface area (Å²) >= 11 is 1.67. The first-order chi connectivity index (χ1) is 8.70. The maximum Gasteiger partial charge on any atom is 0.237 e. The minimum Gasteiger partial charge on any atom is -0.362 e. The highest BCUT2D eigenvalue weighted by Gasteiger charge is 2.25. The van der Waals surface area contributed by atoms with Crippen LogP contribution in [0, 0.1) is 0 Å². The molecule has 100 valence electrons. The quantitative estimate of drug-likeness (QED) is 0.845. The fourth-order valence-electron chi connectivity index (χ4n) is 1.94. The Balaban J connectivity index is 1.92. The number of amides is 1. The minimum absolute atomic E-state index is 0.0482. The lowest BCUT2D eigenvalue weighted by molar-refractivity contribution is -0.128. The van der Waals surface area contributed by atoms with Gasteiger partial charge in [0, 0.05) is 37.3 Å². The maximum absolute atomic E-state index is 11.6. The summed E-state index contributed by atoms with van der Waals surface area (Å²) < 4.78 is 0. The average molecular weight is 268 g/mol. The van der Waals surface area contributed by atoms with Crippen LogP contribution in [0.25, 0.3) is 0 Å². The summed E-state index contributed by atoms with van der Waals surface area (Å²) in [7, 11) is 0. The van der Waals surface area contributed by atoms with Gasteiger partial charge in [-0.1, -0.05) is 6.92 Å². The van der Waals surface area contributed by atoms with E-state index < -0.39 is 0 Å². The molecule has 1 amide bonds. The van der Waals surface area contributed by atoms with Crippen LogP contribution >= 0.6 is 11.3 Å². The summed E-state index contributed by atoms with van der Waals surface area (Å²) in [6, 6.07) is -0.0482. The van der Waals surface area contributed by atoms with E-state index in [9.17, 15) is 4.79 Å². The monoisotopic (exact) mass is 268 g/mol. The molecule has 1 aliphatic heterocycles. The number of anilines is 1. The summed E-state index contributed by atoms with van der Waals surface area (Å²) in [5.74, 6) is 0.120. The second-order valence-electron chi connectivity index (χ2n) is 4.50. The van der Waals surface area contributed by atoms with Crippen LogP contribution in [0.3, 0.4) is 0 Å². The molecule has 1 fully saturated rings. The van der Waals surface area contributed by atoms with E-state index in [-0.39, 0.29) is 11.9 Å². The molecular formula is C12H20N4OS. The van der Waals surface area contributed by atoms with Crippen molar-refractivity contribution in [2.45, 2.75) is 32.9 Å². The molecule has 2 rings (SSSR count). The van der Waals surface area contributed by atoms with E-state index in [4.69, 9.17) is 0 Å². The average Bonchev–Trinajstić information content (AvgIpc) is 2.80. The Labute approximate surface area is 112 Å². The first kappa shape index (κ1) is 13.3. The summed E-state index contributed by atoms with van der Waals surface area (Å²) in [5, 5.41) is 7.13. The molecular weight excluding hydrogens is 248 g/mol. The fourth-order valence-corrected chi connectivity index (χ4v) is 2.80. The molecule has 0 saturated carbocycles. The van der Waals surface area contributed by atoms with E-state index in [0.29, 0.717) is 0 Å². The van der Waals surface area contributed by atoms with Gasteiger partial charge in [0.1, 0.15) is 0 Å². The third-order valence-electron chi connectivity index (χ3n) is 3.06. The first-order valence-electron chi connectivity index (χ1n) is 6.41. The van der Waals surface area contributed by atoms with E-state index in [1.54, 1.807) is 11.3 Å². The standard InChI is InChI=1S/C12H20N4OS/c1-3-4-14-12-15-7-10(18-12)8-16-6-5-13-11(17)9(16)2/h7,9H,3-6,8H2,1-2H3,(H,13,17)(H,14,15). The zero-order chi connectivity index (χ0) is 13.0. The first-order valence-corrected chi connectivity index (χ1v) is 7.22. The molecule has 5 nitrogen and oxygen atoms in total. The molecule has 1 atom stereocenters. The van der Waals surface area contributed by atoms with Gasteiger partial charge in [-0.15, -0.1) is 11.3 Å². The van der Waals surface area contributed by atoms with Crippen molar-refractivity contribution in [1.82, 2.24) is 15.2 Å². The van der Waals surface area contributed by atoms with Crippen molar-refractivity contribution in [1.29, 1.82) is 0 Å². The smallest absolute Gasteiger partial charge is 0.237 e. The molecule has 0 aromatic carbocycles. The predicted molar refractivity (Wildman–Crippen MR) is 73.8 cm³/mol. The van der Waals surface area contributed by atoms with Gasteiger partial charge in [-0.05, 0) is 13.3 Å². The van der Waals surface area contributed by atoms with Gasteiger partial charge in [0.25, 0.3) is 0 Å². The van der Waals surface area contributed by atoms with Gasteiger partial charge >= 0.3 is 0 Å². The van der Waals surface area contributed by atoms with Gasteiger partial charge in [-0.25, -0.2) is 4.98 Å². The molecule has 0 radical (unpaired) electrons. The van der Waals surface area contributed by atoms with E-state index in [0.717, 1.165) is 37.7 Å². The number of hydrogen-bond donors (Lipinski definition) is 2. The number of thiazole rings is 1. The molecule has 1 unspecified atom stereocenters. The number of aromatic nitrogens is 1. The van der Waals surface area contributed by atoms with Crippen LogP contribution < -0.4 is 10.6 Å². The number of carbonyl (C=O) groups excluding carboxylic acids is 1. The lowest BCUT2D eigenvalue weighted by atomic mass is 10.2. The van der Waals surface area contributed by atoms with Gasteiger partial charge in [0.2, 0.25) is 5.91 Å². The van der Waals surface area contributed by atoms with Gasteiger partial charge in [-0.3, -0.25) is 9.69 Å². The van der Waals surface area contributed by atoms with Crippen LogP contribution in [-0.2, 0) is 11.3 Å². The van der Waals surface area contributed by atoms with Crippen LogP contribution in [0.2, 0.25) is 0 Å². The van der Waals surface area contributed by atoms with Crippen molar-refractivity contribution >= 4 is 22.4 Å². The molecule has 0 spiro atoms. The van der Waals surface area contributed by atoms with Gasteiger partial charge in [-0.2, -0.15) is 0 Å². The molecule has 6 heteroatoms. The zero-order valence-corrected chi connectivity index (χ0v) is 11.7. The minimum atomic E-state index is -0.0482. The predicted octanol–water partition coefficient (Wildman–Crippen LogP) is 1.29. The Morgan fingerprint density at radius 3 is 3.28 bits per heavy atom. The Hall–Kier alpha value is -1.14. The van der Waals surface area contributed by atoms with Crippen LogP contribution in [0.5, 0.6) is 0 Å². The number of nitrogens with zero attached hydrogens (tertiary/aromatic N) is 2. The van der Waals surface area contributed by atoms with Crippen LogP contribution in [0.4, 0.5) is 5.13 Å². The molecule has 1 aliphatic rings. The van der Waals surface area contributed by atoms with Gasteiger partial charge in [0.15, 0.2) is 5.13 Å². The van der Waals surface area contributed by atoms with Crippen LogP contribution in [-0.4, -0.2) is 41.5 Å². The molecule has 1 aromatic rings. The fraction of sp³-hybridized carbons (Fsp3) is 0.667. The van der Waals surface area contributed by atoms with Crippen molar-refractivity contribution in [2.75, 3.05) is 25.0 Å². The summed E-state index contributed by atoms with van der Waals surface area (Å²) in [6.45, 7) is 7.49. The van der Waals surface area contributed by atoms with Crippen molar-refractivity contribution < 1.29 is 4.79 Å². The SMILES string of the molecule is CCCNc1ncc(CN2CCNC(=O)C2C)s1. The summed E-state index contributed by atoms with van der Waals surface area (Å²) in [5.41, 5.74) is 0. The van der Waals surface area contributed by atoms with Crippen molar-refractivity contribution in [2.24, 2.45) is 0 Å². The van der Waals surface area contributed by atoms with Crippen molar-refractivity contribution in [3.05, 3.63) is 11.1 Å². The highest BCUT2D eigenvalue weighted by atomic mass is 32.1. The Kier molecular flexibility index (Phi) is 4.54. The Bertz CT molecular complexity index is 407. The highest BCUT2D eigenvalue weighted by molar-refractivity contribution is 7.15. The molecule has 2 N–H and O–H groups in total. The topological polar surface area (TPSA) is 57.3 Å². The van der Waals surface area contributed by atoms with Crippen LogP contribution in [0.1, 0.15) is 25.1 Å². The maximum atomic E-state index is 11.6. The van der Waals surface area contributed by atoms with E-state index in [1.807, 2.05) is 13.1 Å². The lowest BCUT2D eigenvalue weighted by Crippen LogP contribution is -2.53. The zero-order valence-electron chi connectivity index (χ0n) is 10.9. The van der Waals surface area contributed by atoms with E-state index in [1.165, 1.54) is 4.88 Å². The van der Waals surface area contributed by atoms with Crippen molar-refractivity contribution in [3.8, 4) is 0 Å². The molecule has 18 heavy (non-hydrogen) atoms. The number of carbonyl (C=O) groups is 1. The molecule has 0 bridgehead atoms. The third-order valence-corrected chi connectivity index (χ3v) is 4.00. The molecule has 2 heterocycles. The Morgan fingerprint density at radius 1 is 1.67 bits per heavy atom. The largest absolute Gasteiger partial charge is 0.362 e. The number of hydrogen-bond acceptors (Lipinski definition) is 5. The number of nitrogens with one attached hydrogen (secondary N) is 2. The summed E-state index contributed by atoms with van der Waals surface area (Å²) in [4.78, 5) is 19.3. The number of rotatable bonds is 5. The Morgan fingerprint density at radius 2 is 2.50 bits per heavy atom. The third kappa shape index (κ3) is 3.20. The molecule has 1 saturated heterocycles. The molecule has 0 aliphatic carbocycles. The highest BCUT2D eigenvalue weighted by Crippen LogP contribution is 2.21. The second-order valence-corrected chi connectivity index (χ2v) is 5.61. The normalized spacial score (nSPS) is 20.8. The molecule has 1 aromatic heterocycles. The van der Waals surface area contributed by atoms with Gasteiger partial charge < -0.3 is 10.6 Å². The van der Waals surface area contributed by atoms with Crippen molar-refractivity contribution in [3.63, 3.8) is 0 Å². The van der Waals surface area contributed by atoms with E-state index >= 15 is 0 Å². The van der Waals surface area contributed by atoms with Crippen LogP contribution in [0.15, 0.2) is 6.20 Å². The second kappa shape index (κ2) is 6.15. The van der Waals surface area contributed by atoms with Gasteiger partial charge in [0.05, 0.1) is 6.04 Å². The lowest BCUT2D eigenvalue weighted by Gasteiger charge is -2.32. The number of piperazine rings is 1. The summed E-state index contributed by atoms with van der Waals surface area (Å²) in [6.07, 6.45) is 3.00. The van der Waals surface area contributed by atoms with E-state index in [2.05, 4.69) is 27.4 Å².